The summed E-state index contributed by atoms with van der Waals surface area (Å²) in [5, 5.41) is 3.56. The van der Waals surface area contributed by atoms with E-state index in [1.54, 1.807) is 0 Å². The lowest BCUT2D eigenvalue weighted by Crippen LogP contribution is -2.22. The lowest BCUT2D eigenvalue weighted by atomic mass is 10.1. The zero-order chi connectivity index (χ0) is 24.2. The molecule has 0 aliphatic carbocycles. The van der Waals surface area contributed by atoms with E-state index < -0.39 is 10.0 Å². The molecule has 10 heteroatoms. The number of aromatic nitrogens is 2. The molecule has 2 aromatic carbocycles. The lowest BCUT2D eigenvalue weighted by molar-refractivity contribution is -0.113. The minimum absolute atomic E-state index is 0.0757. The van der Waals surface area contributed by atoms with E-state index in [0.717, 1.165) is 33.5 Å². The molecular formula is C23H30N4O4S2. The van der Waals surface area contributed by atoms with Gasteiger partial charge < -0.3 is 14.6 Å². The second kappa shape index (κ2) is 10.6. The molecule has 0 atom stereocenters. The average Bonchev–Trinajstić information content (AvgIpc) is 3.13. The first-order valence-corrected chi connectivity index (χ1v) is 13.0. The number of rotatable bonds is 10. The Morgan fingerprint density at radius 1 is 1.21 bits per heavy atom. The van der Waals surface area contributed by atoms with Crippen LogP contribution in [0.25, 0.3) is 11.0 Å². The summed E-state index contributed by atoms with van der Waals surface area (Å²) in [6.45, 7) is 5.18. The Balaban J connectivity index is 1.78. The first-order valence-electron chi connectivity index (χ1n) is 10.6. The quantitative estimate of drug-likeness (QED) is 0.431. The molecule has 0 radical (unpaired) electrons. The van der Waals surface area contributed by atoms with Crippen molar-refractivity contribution >= 4 is 44.4 Å². The summed E-state index contributed by atoms with van der Waals surface area (Å²) in [5.74, 6) is 0.777. The smallest absolute Gasteiger partial charge is 0.242 e. The number of hydrogen-bond acceptors (Lipinski definition) is 6. The molecule has 1 N–H and O–H groups in total. The van der Waals surface area contributed by atoms with Crippen LogP contribution in [0.2, 0.25) is 0 Å². The number of aryl methyl sites for hydroxylation is 1. The van der Waals surface area contributed by atoms with E-state index in [1.807, 2.05) is 24.3 Å². The number of benzene rings is 2. The van der Waals surface area contributed by atoms with Crippen LogP contribution in [0.5, 0.6) is 5.75 Å². The van der Waals surface area contributed by atoms with Gasteiger partial charge in [0.1, 0.15) is 5.75 Å². The van der Waals surface area contributed by atoms with Gasteiger partial charge in [-0.3, -0.25) is 4.79 Å². The van der Waals surface area contributed by atoms with Crippen molar-refractivity contribution in [3.63, 3.8) is 0 Å². The third-order valence-electron chi connectivity index (χ3n) is 5.11. The van der Waals surface area contributed by atoms with Gasteiger partial charge in [0, 0.05) is 20.6 Å². The number of hydrogen-bond donors (Lipinski definition) is 1. The largest absolute Gasteiger partial charge is 0.495 e. The summed E-state index contributed by atoms with van der Waals surface area (Å²) in [6.07, 6.45) is 1.00. The number of nitrogens with zero attached hydrogens (tertiary/aromatic N) is 3. The fraction of sp³-hybridized carbons (Fsp3) is 0.391. The summed E-state index contributed by atoms with van der Waals surface area (Å²) in [6, 6.07) is 12.3. The highest BCUT2D eigenvalue weighted by molar-refractivity contribution is 7.99. The van der Waals surface area contributed by atoms with Crippen molar-refractivity contribution in [1.82, 2.24) is 13.9 Å². The van der Waals surface area contributed by atoms with Crippen LogP contribution in [0.1, 0.15) is 20.3 Å². The van der Waals surface area contributed by atoms with Crippen LogP contribution in [-0.2, 0) is 21.4 Å². The number of para-hydroxylation sites is 2. The van der Waals surface area contributed by atoms with Gasteiger partial charge in [0.05, 0.1) is 34.5 Å². The maximum Gasteiger partial charge on any atom is 0.242 e. The number of imidazole rings is 1. The maximum absolute atomic E-state index is 12.8. The number of anilines is 1. The fourth-order valence-corrected chi connectivity index (χ4v) is 5.01. The molecule has 1 amide bonds. The minimum atomic E-state index is -3.64. The second-order valence-electron chi connectivity index (χ2n) is 8.20. The number of carbonyl (C=O) groups is 1. The van der Waals surface area contributed by atoms with Gasteiger partial charge in [-0.1, -0.05) is 37.7 Å². The van der Waals surface area contributed by atoms with E-state index in [2.05, 4.69) is 23.7 Å². The number of nitrogens with one attached hydrogen (secondary N) is 1. The number of methoxy groups -OCH3 is 1. The molecular weight excluding hydrogens is 460 g/mol. The number of sulfonamides is 1. The van der Waals surface area contributed by atoms with E-state index in [4.69, 9.17) is 9.72 Å². The Morgan fingerprint density at radius 3 is 2.61 bits per heavy atom. The highest BCUT2D eigenvalue weighted by atomic mass is 32.2. The van der Waals surface area contributed by atoms with E-state index in [-0.39, 0.29) is 16.6 Å². The molecule has 3 rings (SSSR count). The van der Waals surface area contributed by atoms with E-state index in [0.29, 0.717) is 17.4 Å². The van der Waals surface area contributed by atoms with Crippen LogP contribution in [-0.4, -0.2) is 55.1 Å². The van der Waals surface area contributed by atoms with E-state index >= 15 is 0 Å². The van der Waals surface area contributed by atoms with Gasteiger partial charge in [0.25, 0.3) is 0 Å². The lowest BCUT2D eigenvalue weighted by Gasteiger charge is -2.15. The number of thioether (sulfide) groups is 1. The van der Waals surface area contributed by atoms with Crippen LogP contribution in [0.15, 0.2) is 52.5 Å². The average molecular weight is 491 g/mol. The maximum atomic E-state index is 12.8. The number of fused-ring (bicyclic) bond motifs is 1. The molecule has 0 unspecified atom stereocenters. The van der Waals surface area contributed by atoms with Gasteiger partial charge in [-0.05, 0) is 42.7 Å². The van der Waals surface area contributed by atoms with Crippen molar-refractivity contribution in [3.8, 4) is 5.75 Å². The molecule has 1 heterocycles. The monoisotopic (exact) mass is 490 g/mol. The van der Waals surface area contributed by atoms with E-state index in [1.165, 1.54) is 51.2 Å². The summed E-state index contributed by atoms with van der Waals surface area (Å²) >= 11 is 1.35. The van der Waals surface area contributed by atoms with Crippen LogP contribution in [0.4, 0.5) is 5.69 Å². The summed E-state index contributed by atoms with van der Waals surface area (Å²) in [7, 11) is 0.744. The van der Waals surface area contributed by atoms with Crippen LogP contribution in [0, 0.1) is 5.92 Å². The van der Waals surface area contributed by atoms with Gasteiger partial charge in [0.2, 0.25) is 15.9 Å². The first-order chi connectivity index (χ1) is 15.6. The standard InChI is InChI=1S/C23H30N4O4S2/c1-16(2)12-13-27-20-9-7-6-8-18(20)25-23(27)32-15-22(28)24-19-14-17(10-11-21(19)31-5)33(29,30)26(3)4/h6-11,14,16H,12-13,15H2,1-5H3,(H,24,28). The van der Waals surface area contributed by atoms with Gasteiger partial charge in [0.15, 0.2) is 5.16 Å². The highest BCUT2D eigenvalue weighted by Gasteiger charge is 2.20. The molecule has 1 aromatic heterocycles. The summed E-state index contributed by atoms with van der Waals surface area (Å²) in [4.78, 5) is 17.5. The van der Waals surface area contributed by atoms with Crippen molar-refractivity contribution in [1.29, 1.82) is 0 Å². The first kappa shape index (κ1) is 25.1. The second-order valence-corrected chi connectivity index (χ2v) is 11.3. The van der Waals surface area contributed by atoms with Crippen molar-refractivity contribution in [2.45, 2.75) is 36.9 Å². The molecule has 3 aromatic rings. The number of amides is 1. The molecule has 0 spiro atoms. The van der Waals surface area contributed by atoms with Gasteiger partial charge in [-0.15, -0.1) is 0 Å². The molecule has 33 heavy (non-hydrogen) atoms. The number of carbonyl (C=O) groups excluding carboxylic acids is 1. The van der Waals surface area contributed by atoms with Crippen molar-refractivity contribution in [3.05, 3.63) is 42.5 Å². The Bertz CT molecular complexity index is 1240. The number of ether oxygens (including phenoxy) is 1. The SMILES string of the molecule is COc1ccc(S(=O)(=O)N(C)C)cc1NC(=O)CSc1nc2ccccc2n1CCC(C)C. The topological polar surface area (TPSA) is 93.5 Å². The third-order valence-corrected chi connectivity index (χ3v) is 7.89. The molecule has 0 fully saturated rings. The Morgan fingerprint density at radius 2 is 1.94 bits per heavy atom. The zero-order valence-electron chi connectivity index (χ0n) is 19.5. The van der Waals surface area contributed by atoms with E-state index in [9.17, 15) is 13.2 Å². The highest BCUT2D eigenvalue weighted by Crippen LogP contribution is 2.30. The fourth-order valence-electron chi connectivity index (χ4n) is 3.24. The Kier molecular flexibility index (Phi) is 8.04. The zero-order valence-corrected chi connectivity index (χ0v) is 21.2. The molecule has 178 valence electrons. The van der Waals surface area contributed by atoms with Crippen LogP contribution in [0.3, 0.4) is 0 Å². The normalized spacial score (nSPS) is 12.0. The predicted octanol–water partition coefficient (Wildman–Crippen LogP) is 4.07. The molecule has 0 aliphatic heterocycles. The molecule has 0 saturated carbocycles. The van der Waals surface area contributed by atoms with Crippen LogP contribution >= 0.6 is 11.8 Å². The third kappa shape index (κ3) is 5.87. The Labute approximate surface area is 199 Å². The van der Waals surface area contributed by atoms with Gasteiger partial charge >= 0.3 is 0 Å². The molecule has 8 nitrogen and oxygen atoms in total. The van der Waals surface area contributed by atoms with Crippen molar-refractivity contribution in [2.24, 2.45) is 5.92 Å². The molecule has 0 saturated heterocycles. The molecule has 0 aliphatic rings. The summed E-state index contributed by atoms with van der Waals surface area (Å²) in [5.41, 5.74) is 2.25. The van der Waals surface area contributed by atoms with Crippen molar-refractivity contribution in [2.75, 3.05) is 32.3 Å². The van der Waals surface area contributed by atoms with Crippen molar-refractivity contribution < 1.29 is 17.9 Å². The summed E-state index contributed by atoms with van der Waals surface area (Å²) < 4.78 is 33.5. The predicted molar refractivity (Wildman–Crippen MR) is 132 cm³/mol. The van der Waals surface area contributed by atoms with Gasteiger partial charge in [-0.2, -0.15) is 0 Å². The van der Waals surface area contributed by atoms with Crippen LogP contribution < -0.4 is 10.1 Å². The Hall–Kier alpha value is -2.56. The van der Waals surface area contributed by atoms with Gasteiger partial charge in [-0.25, -0.2) is 17.7 Å². The minimum Gasteiger partial charge on any atom is -0.495 e. The molecule has 0 bridgehead atoms.